The molecule has 1 saturated carbocycles. The average molecular weight is 260 g/mol. The molecule has 0 heterocycles. The van der Waals surface area contributed by atoms with Crippen molar-refractivity contribution in [3.05, 3.63) is 0 Å². The summed E-state index contributed by atoms with van der Waals surface area (Å²) in [7, 11) is 0. The molecule has 0 unspecified atom stereocenters. The Bertz CT molecular complexity index is 237. The molecule has 1 fully saturated rings. The van der Waals surface area contributed by atoms with Crippen molar-refractivity contribution in [2.45, 2.75) is 35.6 Å². The molecule has 1 aliphatic carbocycles. The summed E-state index contributed by atoms with van der Waals surface area (Å²) in [6.45, 7) is 0. The van der Waals surface area contributed by atoms with Gasteiger partial charge >= 0.3 is 5.97 Å². The zero-order valence-corrected chi connectivity index (χ0v) is 9.53. The van der Waals surface area contributed by atoms with Crippen LogP contribution < -0.4 is 0 Å². The number of Topliss-reactive ketones (excluding diaryl/α,β-unsaturated/α-hetero) is 1. The quantitative estimate of drug-likeness (QED) is 0.536. The minimum absolute atomic E-state index is 0.186. The van der Waals surface area contributed by atoms with Crippen LogP contribution in [0.25, 0.3) is 0 Å². The molecule has 0 aliphatic heterocycles. The first-order chi connectivity index (χ1) is 6.39. The number of alkyl halides is 3. The van der Waals surface area contributed by atoms with Crippen molar-refractivity contribution in [1.82, 2.24) is 0 Å². The molecule has 0 saturated heterocycles. The summed E-state index contributed by atoms with van der Waals surface area (Å²) in [5.41, 5.74) is 0. The summed E-state index contributed by atoms with van der Waals surface area (Å²) >= 11 is 16.0. The van der Waals surface area contributed by atoms with Gasteiger partial charge in [0.05, 0.1) is 0 Å². The largest absolute Gasteiger partial charge is 0.459 e. The van der Waals surface area contributed by atoms with Crippen LogP contribution >= 0.6 is 34.8 Å². The Kier molecular flexibility index (Phi) is 4.04. The Hall–Kier alpha value is 0.01000. The third kappa shape index (κ3) is 3.64. The molecule has 6 heteroatoms. The van der Waals surface area contributed by atoms with Crippen LogP contribution in [0.15, 0.2) is 0 Å². The molecular weight excluding hydrogens is 250 g/mol. The highest BCUT2D eigenvalue weighted by molar-refractivity contribution is 6.75. The van der Waals surface area contributed by atoms with Crippen LogP contribution in [-0.2, 0) is 14.3 Å². The first-order valence-electron chi connectivity index (χ1n) is 4.19. The first kappa shape index (κ1) is 12.1. The summed E-state index contributed by atoms with van der Waals surface area (Å²) < 4.78 is 2.89. The number of carbonyl (C=O) groups is 2. The van der Waals surface area contributed by atoms with E-state index in [-0.39, 0.29) is 11.9 Å². The van der Waals surface area contributed by atoms with Gasteiger partial charge in [0, 0.05) is 12.8 Å². The molecule has 0 amide bonds. The van der Waals surface area contributed by atoms with E-state index in [4.69, 9.17) is 39.5 Å². The average Bonchev–Trinajstić information content (AvgIpc) is 2.07. The minimum Gasteiger partial charge on any atom is -0.459 e. The Morgan fingerprint density at radius 3 is 2.21 bits per heavy atom. The molecule has 80 valence electrons. The lowest BCUT2D eigenvalue weighted by atomic mass is 9.96. The van der Waals surface area contributed by atoms with Crippen LogP contribution in [0.2, 0.25) is 0 Å². The van der Waals surface area contributed by atoms with Gasteiger partial charge in [-0.2, -0.15) is 0 Å². The molecule has 0 aromatic heterocycles. The summed E-state index contributed by atoms with van der Waals surface area (Å²) in [5, 5.41) is 0. The van der Waals surface area contributed by atoms with Gasteiger partial charge in [-0.15, -0.1) is 0 Å². The van der Waals surface area contributed by atoms with Gasteiger partial charge in [0.25, 0.3) is 3.79 Å². The monoisotopic (exact) mass is 258 g/mol. The van der Waals surface area contributed by atoms with Crippen molar-refractivity contribution in [3.63, 3.8) is 0 Å². The minimum atomic E-state index is -2.03. The summed E-state index contributed by atoms with van der Waals surface area (Å²) in [4.78, 5) is 22.0. The molecule has 0 N–H and O–H groups in total. The standard InChI is InChI=1S/C8H9Cl3O3/c9-8(10,11)7(13)14-6-3-1-5(12)2-4-6/h6H,1-4H2. The van der Waals surface area contributed by atoms with Crippen molar-refractivity contribution in [1.29, 1.82) is 0 Å². The van der Waals surface area contributed by atoms with Gasteiger partial charge in [0.1, 0.15) is 11.9 Å². The van der Waals surface area contributed by atoms with E-state index >= 15 is 0 Å². The van der Waals surface area contributed by atoms with Crippen LogP contribution in [0.4, 0.5) is 0 Å². The molecule has 1 rings (SSSR count). The fourth-order valence-corrected chi connectivity index (χ4v) is 1.38. The van der Waals surface area contributed by atoms with Crippen molar-refractivity contribution < 1.29 is 14.3 Å². The molecule has 14 heavy (non-hydrogen) atoms. The van der Waals surface area contributed by atoms with Gasteiger partial charge in [0.2, 0.25) is 0 Å². The van der Waals surface area contributed by atoms with Crippen molar-refractivity contribution in [2.75, 3.05) is 0 Å². The number of rotatable bonds is 1. The van der Waals surface area contributed by atoms with Crippen LogP contribution in [0.3, 0.4) is 0 Å². The lowest BCUT2D eigenvalue weighted by Crippen LogP contribution is -2.30. The van der Waals surface area contributed by atoms with Gasteiger partial charge in [-0.3, -0.25) is 4.79 Å². The van der Waals surface area contributed by atoms with E-state index < -0.39 is 9.76 Å². The summed E-state index contributed by atoms with van der Waals surface area (Å²) in [6.07, 6.45) is 1.60. The van der Waals surface area contributed by atoms with Crippen LogP contribution in [0.1, 0.15) is 25.7 Å². The van der Waals surface area contributed by atoms with Crippen LogP contribution in [0.5, 0.6) is 0 Å². The molecule has 0 aromatic carbocycles. The number of hydrogen-bond donors (Lipinski definition) is 0. The molecule has 0 radical (unpaired) electrons. The third-order valence-corrected chi connectivity index (χ3v) is 2.46. The second-order valence-electron chi connectivity index (χ2n) is 3.14. The van der Waals surface area contributed by atoms with Crippen molar-refractivity contribution in [2.24, 2.45) is 0 Å². The number of hydrogen-bond acceptors (Lipinski definition) is 3. The Morgan fingerprint density at radius 2 is 1.79 bits per heavy atom. The molecule has 3 nitrogen and oxygen atoms in total. The molecule has 0 aromatic rings. The van der Waals surface area contributed by atoms with E-state index in [1.54, 1.807) is 0 Å². The van der Waals surface area contributed by atoms with E-state index in [0.717, 1.165) is 0 Å². The lowest BCUT2D eigenvalue weighted by molar-refractivity contribution is -0.150. The maximum atomic E-state index is 11.1. The summed E-state index contributed by atoms with van der Waals surface area (Å²) in [6, 6.07) is 0. The van der Waals surface area contributed by atoms with E-state index in [1.165, 1.54) is 0 Å². The van der Waals surface area contributed by atoms with Gasteiger partial charge in [-0.25, -0.2) is 4.79 Å². The Labute approximate surface area is 96.6 Å². The topological polar surface area (TPSA) is 43.4 Å². The smallest absolute Gasteiger partial charge is 0.358 e. The Morgan fingerprint density at radius 1 is 1.29 bits per heavy atom. The highest BCUT2D eigenvalue weighted by Gasteiger charge is 2.35. The number of halogens is 3. The zero-order valence-electron chi connectivity index (χ0n) is 7.26. The third-order valence-electron chi connectivity index (χ3n) is 2.00. The number of ether oxygens (including phenoxy) is 1. The lowest BCUT2D eigenvalue weighted by Gasteiger charge is -2.22. The van der Waals surface area contributed by atoms with Crippen LogP contribution in [-0.4, -0.2) is 21.6 Å². The van der Waals surface area contributed by atoms with Crippen LogP contribution in [0, 0.1) is 0 Å². The van der Waals surface area contributed by atoms with E-state index in [1.807, 2.05) is 0 Å². The highest BCUT2D eigenvalue weighted by Crippen LogP contribution is 2.29. The number of esters is 1. The predicted octanol–water partition coefficient (Wildman–Crippen LogP) is 2.41. The summed E-state index contributed by atoms with van der Waals surface area (Å²) in [5.74, 6) is -0.687. The maximum absolute atomic E-state index is 11.1. The fraction of sp³-hybridized carbons (Fsp3) is 0.750. The number of ketones is 1. The zero-order chi connectivity index (χ0) is 10.8. The second-order valence-corrected chi connectivity index (χ2v) is 5.42. The first-order valence-corrected chi connectivity index (χ1v) is 5.32. The van der Waals surface area contributed by atoms with Gasteiger partial charge in [0.15, 0.2) is 0 Å². The van der Waals surface area contributed by atoms with Crippen molar-refractivity contribution in [3.8, 4) is 0 Å². The van der Waals surface area contributed by atoms with E-state index in [2.05, 4.69) is 0 Å². The van der Waals surface area contributed by atoms with Gasteiger partial charge in [-0.1, -0.05) is 34.8 Å². The molecule has 0 bridgehead atoms. The second kappa shape index (κ2) is 4.69. The van der Waals surface area contributed by atoms with Gasteiger partial charge in [-0.05, 0) is 12.8 Å². The van der Waals surface area contributed by atoms with E-state index in [9.17, 15) is 9.59 Å². The molecule has 0 spiro atoms. The fourth-order valence-electron chi connectivity index (χ4n) is 1.25. The molecular formula is C8H9Cl3O3. The number of carbonyl (C=O) groups excluding carboxylic acids is 2. The molecule has 1 aliphatic rings. The van der Waals surface area contributed by atoms with Crippen molar-refractivity contribution >= 4 is 46.6 Å². The predicted molar refractivity (Wildman–Crippen MR) is 53.6 cm³/mol. The SMILES string of the molecule is O=C1CCC(OC(=O)C(Cl)(Cl)Cl)CC1. The van der Waals surface area contributed by atoms with Gasteiger partial charge < -0.3 is 4.74 Å². The van der Waals surface area contributed by atoms with E-state index in [0.29, 0.717) is 25.7 Å². The normalized spacial score (nSPS) is 19.5. The Balaban J connectivity index is 2.38. The maximum Gasteiger partial charge on any atom is 0.358 e. The molecule has 0 atom stereocenters. The highest BCUT2D eigenvalue weighted by atomic mass is 35.6.